The van der Waals surface area contributed by atoms with E-state index in [1.165, 1.54) is 18.6 Å². The van der Waals surface area contributed by atoms with Gasteiger partial charge < -0.3 is 10.1 Å². The van der Waals surface area contributed by atoms with Crippen LogP contribution in [0.25, 0.3) is 0 Å². The van der Waals surface area contributed by atoms with Crippen LogP contribution in [0, 0.1) is 11.6 Å². The molecule has 0 radical (unpaired) electrons. The maximum absolute atomic E-state index is 13.2. The molecule has 2 rings (SSSR count). The average Bonchev–Trinajstić information content (AvgIpc) is 2.38. The van der Waals surface area contributed by atoms with Gasteiger partial charge in [0, 0.05) is 18.7 Å². The van der Waals surface area contributed by atoms with Gasteiger partial charge in [0.25, 0.3) is 0 Å². The first kappa shape index (κ1) is 14.4. The standard InChI is InChI=1S/C15H21F2NO/c1-18-14(10-15-4-2-3-5-19-15)8-11-6-12(16)9-13(17)7-11/h6-7,9,14-15,18H,2-5,8,10H2,1H3. The second-order valence-corrected chi connectivity index (χ2v) is 5.19. The Balaban J connectivity index is 1.93. The van der Waals surface area contributed by atoms with E-state index in [0.29, 0.717) is 12.0 Å². The molecule has 1 aliphatic heterocycles. The van der Waals surface area contributed by atoms with Crippen LogP contribution in [-0.2, 0) is 11.2 Å². The van der Waals surface area contributed by atoms with Gasteiger partial charge in [-0.15, -0.1) is 0 Å². The largest absolute Gasteiger partial charge is 0.378 e. The molecule has 0 aromatic heterocycles. The molecule has 1 N–H and O–H groups in total. The highest BCUT2D eigenvalue weighted by atomic mass is 19.1. The predicted octanol–water partition coefficient (Wildman–Crippen LogP) is 3.05. The lowest BCUT2D eigenvalue weighted by molar-refractivity contribution is 0.00568. The third-order valence-corrected chi connectivity index (χ3v) is 3.63. The number of ether oxygens (including phenoxy) is 1. The molecule has 0 amide bonds. The molecular weight excluding hydrogens is 248 g/mol. The lowest BCUT2D eigenvalue weighted by atomic mass is 9.97. The van der Waals surface area contributed by atoms with Crippen LogP contribution >= 0.6 is 0 Å². The first-order valence-corrected chi connectivity index (χ1v) is 6.91. The molecule has 1 aromatic rings. The fraction of sp³-hybridized carbons (Fsp3) is 0.600. The molecule has 4 heteroatoms. The number of hydrogen-bond donors (Lipinski definition) is 1. The normalized spacial score (nSPS) is 21.3. The molecule has 0 spiro atoms. The summed E-state index contributed by atoms with van der Waals surface area (Å²) in [5.74, 6) is -1.03. The fourth-order valence-corrected chi connectivity index (χ4v) is 2.63. The number of rotatable bonds is 5. The van der Waals surface area contributed by atoms with Gasteiger partial charge in [-0.25, -0.2) is 8.78 Å². The van der Waals surface area contributed by atoms with Crippen molar-refractivity contribution in [2.75, 3.05) is 13.7 Å². The maximum atomic E-state index is 13.2. The number of likely N-dealkylation sites (N-methyl/N-ethyl adjacent to an activating group) is 1. The van der Waals surface area contributed by atoms with Crippen LogP contribution in [0.5, 0.6) is 0 Å². The molecule has 1 saturated heterocycles. The maximum Gasteiger partial charge on any atom is 0.126 e. The van der Waals surface area contributed by atoms with Crippen LogP contribution in [-0.4, -0.2) is 25.8 Å². The summed E-state index contributed by atoms with van der Waals surface area (Å²) in [6.07, 6.45) is 5.19. The van der Waals surface area contributed by atoms with Crippen LogP contribution in [0.3, 0.4) is 0 Å². The Morgan fingerprint density at radius 2 is 2.00 bits per heavy atom. The molecule has 1 fully saturated rings. The van der Waals surface area contributed by atoms with Crippen molar-refractivity contribution in [2.45, 2.75) is 44.2 Å². The zero-order valence-corrected chi connectivity index (χ0v) is 11.3. The van der Waals surface area contributed by atoms with Crippen LogP contribution in [0.1, 0.15) is 31.2 Å². The van der Waals surface area contributed by atoms with Gasteiger partial charge in [0.15, 0.2) is 0 Å². The SMILES string of the molecule is CNC(Cc1cc(F)cc(F)c1)CC1CCCCO1. The zero-order valence-electron chi connectivity index (χ0n) is 11.3. The van der Waals surface area contributed by atoms with Crippen LogP contribution < -0.4 is 5.32 Å². The topological polar surface area (TPSA) is 21.3 Å². The molecular formula is C15H21F2NO. The van der Waals surface area contributed by atoms with Crippen molar-refractivity contribution in [3.05, 3.63) is 35.4 Å². The predicted molar refractivity (Wildman–Crippen MR) is 71.1 cm³/mol. The van der Waals surface area contributed by atoms with Gasteiger partial charge in [0.05, 0.1) is 6.10 Å². The molecule has 1 aliphatic rings. The van der Waals surface area contributed by atoms with Gasteiger partial charge in [-0.3, -0.25) is 0 Å². The quantitative estimate of drug-likeness (QED) is 0.887. The number of nitrogens with one attached hydrogen (secondary N) is 1. The molecule has 1 aromatic carbocycles. The minimum atomic E-state index is -0.515. The highest BCUT2D eigenvalue weighted by molar-refractivity contribution is 5.19. The zero-order chi connectivity index (χ0) is 13.7. The smallest absolute Gasteiger partial charge is 0.126 e. The lowest BCUT2D eigenvalue weighted by Crippen LogP contribution is -2.34. The van der Waals surface area contributed by atoms with Crippen molar-refractivity contribution >= 4 is 0 Å². The molecule has 0 aliphatic carbocycles. The summed E-state index contributed by atoms with van der Waals surface area (Å²) in [5.41, 5.74) is 0.688. The van der Waals surface area contributed by atoms with Gasteiger partial charge in [0.2, 0.25) is 0 Å². The summed E-state index contributed by atoms with van der Waals surface area (Å²) in [4.78, 5) is 0. The summed E-state index contributed by atoms with van der Waals surface area (Å²) < 4.78 is 32.0. The van der Waals surface area contributed by atoms with Crippen molar-refractivity contribution in [2.24, 2.45) is 0 Å². The van der Waals surface area contributed by atoms with Gasteiger partial charge in [-0.05, 0) is 56.8 Å². The molecule has 2 atom stereocenters. The van der Waals surface area contributed by atoms with Crippen molar-refractivity contribution < 1.29 is 13.5 Å². The van der Waals surface area contributed by atoms with Crippen LogP contribution in [0.15, 0.2) is 18.2 Å². The van der Waals surface area contributed by atoms with Gasteiger partial charge in [0.1, 0.15) is 11.6 Å². The minimum absolute atomic E-state index is 0.185. The van der Waals surface area contributed by atoms with Crippen molar-refractivity contribution in [3.63, 3.8) is 0 Å². The molecule has 2 nitrogen and oxygen atoms in total. The van der Waals surface area contributed by atoms with Gasteiger partial charge >= 0.3 is 0 Å². The van der Waals surface area contributed by atoms with Crippen LogP contribution in [0.4, 0.5) is 8.78 Å². The molecule has 1 heterocycles. The van der Waals surface area contributed by atoms with E-state index in [1.807, 2.05) is 7.05 Å². The summed E-state index contributed by atoms with van der Waals surface area (Å²) >= 11 is 0. The Labute approximate surface area is 113 Å². The van der Waals surface area contributed by atoms with Crippen LogP contribution in [0.2, 0.25) is 0 Å². The highest BCUT2D eigenvalue weighted by Crippen LogP contribution is 2.19. The third kappa shape index (κ3) is 4.55. The van der Waals surface area contributed by atoms with Gasteiger partial charge in [-0.2, -0.15) is 0 Å². The van der Waals surface area contributed by atoms with E-state index in [9.17, 15) is 8.78 Å². The monoisotopic (exact) mass is 269 g/mol. The second-order valence-electron chi connectivity index (χ2n) is 5.19. The van der Waals surface area contributed by atoms with E-state index in [-0.39, 0.29) is 12.1 Å². The third-order valence-electron chi connectivity index (χ3n) is 3.63. The number of benzene rings is 1. The average molecular weight is 269 g/mol. The Hall–Kier alpha value is -1.00. The van der Waals surface area contributed by atoms with E-state index in [2.05, 4.69) is 5.32 Å². The molecule has 2 unspecified atom stereocenters. The van der Waals surface area contributed by atoms with Gasteiger partial charge in [-0.1, -0.05) is 0 Å². The Morgan fingerprint density at radius 3 is 2.58 bits per heavy atom. The number of hydrogen-bond acceptors (Lipinski definition) is 2. The van der Waals surface area contributed by atoms with E-state index in [0.717, 1.165) is 31.9 Å². The summed E-state index contributed by atoms with van der Waals surface area (Å²) in [5, 5.41) is 3.21. The fourth-order valence-electron chi connectivity index (χ4n) is 2.63. The van der Waals surface area contributed by atoms with E-state index in [1.54, 1.807) is 0 Å². The first-order valence-electron chi connectivity index (χ1n) is 6.91. The minimum Gasteiger partial charge on any atom is -0.378 e. The Morgan fingerprint density at radius 1 is 1.26 bits per heavy atom. The van der Waals surface area contributed by atoms with E-state index in [4.69, 9.17) is 4.74 Å². The summed E-state index contributed by atoms with van der Waals surface area (Å²) in [6, 6.07) is 3.89. The van der Waals surface area contributed by atoms with Crippen molar-refractivity contribution in [3.8, 4) is 0 Å². The van der Waals surface area contributed by atoms with Crippen molar-refractivity contribution in [1.29, 1.82) is 0 Å². The van der Waals surface area contributed by atoms with E-state index >= 15 is 0 Å². The highest BCUT2D eigenvalue weighted by Gasteiger charge is 2.19. The Bertz CT molecular complexity index is 385. The molecule has 19 heavy (non-hydrogen) atoms. The summed E-state index contributed by atoms with van der Waals surface area (Å²) in [7, 11) is 1.88. The first-order chi connectivity index (χ1) is 9.17. The summed E-state index contributed by atoms with van der Waals surface area (Å²) in [6.45, 7) is 0.829. The molecule has 106 valence electrons. The molecule has 0 saturated carbocycles. The van der Waals surface area contributed by atoms with Crippen molar-refractivity contribution in [1.82, 2.24) is 5.32 Å². The lowest BCUT2D eigenvalue weighted by Gasteiger charge is -2.27. The molecule has 0 bridgehead atoms. The Kier molecular flexibility index (Phi) is 5.28. The number of halogens is 2. The second kappa shape index (κ2) is 6.96. The van der Waals surface area contributed by atoms with E-state index < -0.39 is 11.6 Å².